The summed E-state index contributed by atoms with van der Waals surface area (Å²) in [5.74, 6) is -0.108. The third-order valence-electron chi connectivity index (χ3n) is 3.61. The zero-order valence-electron chi connectivity index (χ0n) is 13.5. The molecule has 0 aliphatic carbocycles. The van der Waals surface area contributed by atoms with Gasteiger partial charge in [0.1, 0.15) is 0 Å². The standard InChI is InChI=1S/C17H16N4O3S/c1-11-10-13(12-4-2-5-14(21(23)24)16(12)20-11)18-7-8-19-17(22)15-6-3-9-25-15/h2-6,9-10H,7-8H2,1H3,(H,18,20)(H,19,22). The van der Waals surface area contributed by atoms with E-state index in [2.05, 4.69) is 15.6 Å². The van der Waals surface area contributed by atoms with E-state index in [1.165, 1.54) is 17.4 Å². The molecule has 0 saturated carbocycles. The number of nitro benzene ring substituents is 1. The van der Waals surface area contributed by atoms with Crippen LogP contribution in [0.1, 0.15) is 15.4 Å². The lowest BCUT2D eigenvalue weighted by molar-refractivity contribution is -0.383. The van der Waals surface area contributed by atoms with Crippen molar-refractivity contribution in [1.29, 1.82) is 0 Å². The fourth-order valence-corrected chi connectivity index (χ4v) is 3.16. The van der Waals surface area contributed by atoms with E-state index in [0.29, 0.717) is 34.6 Å². The lowest BCUT2D eigenvalue weighted by atomic mass is 10.1. The molecule has 8 heteroatoms. The van der Waals surface area contributed by atoms with E-state index in [4.69, 9.17) is 0 Å². The van der Waals surface area contributed by atoms with Gasteiger partial charge in [0.2, 0.25) is 0 Å². The molecule has 0 spiro atoms. The van der Waals surface area contributed by atoms with Crippen LogP contribution in [-0.4, -0.2) is 28.9 Å². The number of pyridine rings is 1. The summed E-state index contributed by atoms with van der Waals surface area (Å²) < 4.78 is 0. The van der Waals surface area contributed by atoms with Crippen molar-refractivity contribution in [2.75, 3.05) is 18.4 Å². The summed E-state index contributed by atoms with van der Waals surface area (Å²) in [6.07, 6.45) is 0. The number of nitro groups is 1. The number of benzene rings is 1. The minimum absolute atomic E-state index is 0.0183. The number of carbonyl (C=O) groups is 1. The second kappa shape index (κ2) is 7.27. The SMILES string of the molecule is Cc1cc(NCCNC(=O)c2cccs2)c2cccc([N+](=O)[O-])c2n1. The smallest absolute Gasteiger partial charge is 0.295 e. The van der Waals surface area contributed by atoms with Crippen LogP contribution in [0.2, 0.25) is 0 Å². The number of hydrogen-bond acceptors (Lipinski definition) is 6. The number of fused-ring (bicyclic) bond motifs is 1. The van der Waals surface area contributed by atoms with Crippen LogP contribution in [-0.2, 0) is 0 Å². The highest BCUT2D eigenvalue weighted by Crippen LogP contribution is 2.29. The van der Waals surface area contributed by atoms with Crippen molar-refractivity contribution >= 4 is 39.5 Å². The summed E-state index contributed by atoms with van der Waals surface area (Å²) in [7, 11) is 0. The quantitative estimate of drug-likeness (QED) is 0.401. The van der Waals surface area contributed by atoms with Crippen LogP contribution in [0, 0.1) is 17.0 Å². The summed E-state index contributed by atoms with van der Waals surface area (Å²) in [5, 5.41) is 19.8. The monoisotopic (exact) mass is 356 g/mol. The molecular weight excluding hydrogens is 340 g/mol. The van der Waals surface area contributed by atoms with Crippen molar-refractivity contribution in [2.45, 2.75) is 6.92 Å². The summed E-state index contributed by atoms with van der Waals surface area (Å²) in [4.78, 5) is 27.6. The Morgan fingerprint density at radius 3 is 2.84 bits per heavy atom. The topological polar surface area (TPSA) is 97.2 Å². The van der Waals surface area contributed by atoms with Gasteiger partial charge in [-0.3, -0.25) is 14.9 Å². The number of nitrogens with zero attached hydrogens (tertiary/aromatic N) is 2. The largest absolute Gasteiger partial charge is 0.383 e. The highest BCUT2D eigenvalue weighted by atomic mass is 32.1. The van der Waals surface area contributed by atoms with Crippen LogP contribution < -0.4 is 10.6 Å². The summed E-state index contributed by atoms with van der Waals surface area (Å²) in [6, 6.07) is 10.3. The van der Waals surface area contributed by atoms with Crippen LogP contribution >= 0.6 is 11.3 Å². The van der Waals surface area contributed by atoms with E-state index in [0.717, 1.165) is 5.69 Å². The van der Waals surface area contributed by atoms with Crippen molar-refractivity contribution in [2.24, 2.45) is 0 Å². The van der Waals surface area contributed by atoms with Gasteiger partial charge in [0.05, 0.1) is 9.80 Å². The molecule has 25 heavy (non-hydrogen) atoms. The molecule has 2 heterocycles. The second-order valence-corrected chi connectivity index (χ2v) is 6.35. The molecular formula is C17H16N4O3S. The van der Waals surface area contributed by atoms with Crippen LogP contribution in [0.15, 0.2) is 41.8 Å². The van der Waals surface area contributed by atoms with Gasteiger partial charge in [0.25, 0.3) is 11.6 Å². The van der Waals surface area contributed by atoms with E-state index in [1.54, 1.807) is 25.1 Å². The van der Waals surface area contributed by atoms with Crippen molar-refractivity contribution in [1.82, 2.24) is 10.3 Å². The first-order valence-corrected chi connectivity index (χ1v) is 8.54. The maximum absolute atomic E-state index is 11.9. The Morgan fingerprint density at radius 2 is 2.12 bits per heavy atom. The van der Waals surface area contributed by atoms with Gasteiger partial charge in [-0.1, -0.05) is 18.2 Å². The zero-order valence-corrected chi connectivity index (χ0v) is 14.3. The number of hydrogen-bond donors (Lipinski definition) is 2. The predicted molar refractivity (Wildman–Crippen MR) is 98.3 cm³/mol. The number of para-hydroxylation sites is 1. The molecule has 3 aromatic rings. The van der Waals surface area contributed by atoms with E-state index in [1.807, 2.05) is 17.5 Å². The summed E-state index contributed by atoms with van der Waals surface area (Å²) in [5.41, 5.74) is 1.79. The van der Waals surface area contributed by atoms with Crippen LogP contribution in [0.25, 0.3) is 10.9 Å². The second-order valence-electron chi connectivity index (χ2n) is 5.40. The lowest BCUT2D eigenvalue weighted by Crippen LogP contribution is -2.28. The molecule has 0 aliphatic rings. The molecule has 0 fully saturated rings. The number of carbonyl (C=O) groups excluding carboxylic acids is 1. The third kappa shape index (κ3) is 3.74. The Hall–Kier alpha value is -3.00. The summed E-state index contributed by atoms with van der Waals surface area (Å²) in [6.45, 7) is 2.73. The Labute approximate surface area is 147 Å². The highest BCUT2D eigenvalue weighted by molar-refractivity contribution is 7.12. The number of aromatic nitrogens is 1. The van der Waals surface area contributed by atoms with E-state index in [9.17, 15) is 14.9 Å². The van der Waals surface area contributed by atoms with Gasteiger partial charge < -0.3 is 10.6 Å². The first kappa shape index (κ1) is 16.8. The van der Waals surface area contributed by atoms with E-state index in [-0.39, 0.29) is 11.6 Å². The first-order chi connectivity index (χ1) is 12.1. The van der Waals surface area contributed by atoms with Gasteiger partial charge in [0, 0.05) is 35.9 Å². The molecule has 0 radical (unpaired) electrons. The Morgan fingerprint density at radius 1 is 1.28 bits per heavy atom. The van der Waals surface area contributed by atoms with Crippen molar-refractivity contribution < 1.29 is 9.72 Å². The number of rotatable bonds is 6. The van der Waals surface area contributed by atoms with Gasteiger partial charge in [-0.05, 0) is 24.4 Å². The zero-order chi connectivity index (χ0) is 17.8. The maximum atomic E-state index is 11.9. The average molecular weight is 356 g/mol. The molecule has 0 aliphatic heterocycles. The van der Waals surface area contributed by atoms with Crippen molar-refractivity contribution in [3.63, 3.8) is 0 Å². The molecule has 2 N–H and O–H groups in total. The van der Waals surface area contributed by atoms with Gasteiger partial charge in [-0.15, -0.1) is 11.3 Å². The van der Waals surface area contributed by atoms with Gasteiger partial charge in [-0.2, -0.15) is 0 Å². The lowest BCUT2D eigenvalue weighted by Gasteiger charge is -2.11. The molecule has 1 aromatic carbocycles. The Kier molecular flexibility index (Phi) is 4.90. The van der Waals surface area contributed by atoms with E-state index >= 15 is 0 Å². The normalized spacial score (nSPS) is 10.6. The first-order valence-electron chi connectivity index (χ1n) is 7.66. The third-order valence-corrected chi connectivity index (χ3v) is 4.48. The number of thiophene rings is 1. The van der Waals surface area contributed by atoms with Crippen molar-refractivity contribution in [3.8, 4) is 0 Å². The maximum Gasteiger partial charge on any atom is 0.295 e. The fourth-order valence-electron chi connectivity index (χ4n) is 2.52. The van der Waals surface area contributed by atoms with Gasteiger partial charge in [-0.25, -0.2) is 4.98 Å². The molecule has 2 aromatic heterocycles. The number of anilines is 1. The number of amides is 1. The summed E-state index contributed by atoms with van der Waals surface area (Å²) >= 11 is 1.39. The van der Waals surface area contributed by atoms with Gasteiger partial charge >= 0.3 is 0 Å². The molecule has 3 rings (SSSR count). The fraction of sp³-hybridized carbons (Fsp3) is 0.176. The number of nitrogens with one attached hydrogen (secondary N) is 2. The Balaban J connectivity index is 1.72. The predicted octanol–water partition coefficient (Wildman–Crippen LogP) is 3.35. The molecule has 0 atom stereocenters. The van der Waals surface area contributed by atoms with Crippen LogP contribution in [0.3, 0.4) is 0 Å². The molecule has 0 unspecified atom stereocenters. The minimum Gasteiger partial charge on any atom is -0.383 e. The van der Waals surface area contributed by atoms with Crippen LogP contribution in [0.5, 0.6) is 0 Å². The number of aryl methyl sites for hydroxylation is 1. The Bertz CT molecular complexity index is 925. The van der Waals surface area contributed by atoms with E-state index < -0.39 is 4.92 Å². The molecule has 0 saturated heterocycles. The van der Waals surface area contributed by atoms with Crippen LogP contribution in [0.4, 0.5) is 11.4 Å². The molecule has 1 amide bonds. The molecule has 0 bridgehead atoms. The molecule has 128 valence electrons. The van der Waals surface area contributed by atoms with Crippen molar-refractivity contribution in [3.05, 3.63) is 62.5 Å². The number of non-ortho nitro benzene ring substituents is 1. The minimum atomic E-state index is -0.431. The highest BCUT2D eigenvalue weighted by Gasteiger charge is 2.15. The van der Waals surface area contributed by atoms with Gasteiger partial charge in [0.15, 0.2) is 5.52 Å². The average Bonchev–Trinajstić information content (AvgIpc) is 3.12. The molecule has 7 nitrogen and oxygen atoms in total.